The molecule has 0 atom stereocenters. The van der Waals surface area contributed by atoms with Gasteiger partial charge in [-0.3, -0.25) is 4.79 Å². The fraction of sp³-hybridized carbons (Fsp3) is 0.235. The monoisotopic (exact) mass is 285 g/mol. The number of phenolic OH excluding ortho intramolecular Hbond substituents is 1. The van der Waals surface area contributed by atoms with Gasteiger partial charge in [0.2, 0.25) is 0 Å². The summed E-state index contributed by atoms with van der Waals surface area (Å²) in [5, 5.41) is 12.4. The number of carbonyl (C=O) groups is 1. The summed E-state index contributed by atoms with van der Waals surface area (Å²) in [6.07, 6.45) is 0.111. The normalized spacial score (nSPS) is 10.5. The molecule has 2 aromatic rings. The van der Waals surface area contributed by atoms with Crippen LogP contribution in [0.25, 0.3) is 0 Å². The van der Waals surface area contributed by atoms with Gasteiger partial charge in [0.25, 0.3) is 5.91 Å². The molecule has 4 heteroatoms. The van der Waals surface area contributed by atoms with Crippen molar-refractivity contribution in [3.05, 3.63) is 53.6 Å². The molecule has 0 aliphatic rings. The molecule has 0 saturated heterocycles. The predicted molar refractivity (Wildman–Crippen MR) is 83.0 cm³/mol. The van der Waals surface area contributed by atoms with Crippen molar-refractivity contribution in [1.29, 1.82) is 0 Å². The van der Waals surface area contributed by atoms with Crippen LogP contribution in [0.2, 0.25) is 0 Å². The molecule has 0 aliphatic heterocycles. The lowest BCUT2D eigenvalue weighted by molar-refractivity contribution is 0.102. The lowest BCUT2D eigenvalue weighted by Crippen LogP contribution is -2.13. The van der Waals surface area contributed by atoms with E-state index in [4.69, 9.17) is 4.74 Å². The number of phenols is 1. The Morgan fingerprint density at radius 1 is 1.14 bits per heavy atom. The van der Waals surface area contributed by atoms with E-state index in [1.807, 2.05) is 26.0 Å². The van der Waals surface area contributed by atoms with Gasteiger partial charge < -0.3 is 15.2 Å². The van der Waals surface area contributed by atoms with Crippen LogP contribution in [0.15, 0.2) is 42.5 Å². The number of amides is 1. The standard InChI is InChI=1S/C17H19NO3/c1-11(2)21-14-9-7-13(8-10-14)18-17(20)15-5-4-6-16(19)12(15)3/h4-11,19H,1-3H3,(H,18,20). The molecule has 0 unspecified atom stereocenters. The largest absolute Gasteiger partial charge is 0.508 e. The Bertz CT molecular complexity index is 633. The van der Waals surface area contributed by atoms with Gasteiger partial charge in [-0.15, -0.1) is 0 Å². The molecular weight excluding hydrogens is 266 g/mol. The summed E-state index contributed by atoms with van der Waals surface area (Å²) in [7, 11) is 0. The molecule has 0 aliphatic carbocycles. The Morgan fingerprint density at radius 2 is 1.81 bits per heavy atom. The Kier molecular flexibility index (Phi) is 4.48. The summed E-state index contributed by atoms with van der Waals surface area (Å²) < 4.78 is 5.55. The fourth-order valence-corrected chi connectivity index (χ4v) is 1.96. The summed E-state index contributed by atoms with van der Waals surface area (Å²) in [6.45, 7) is 5.63. The lowest BCUT2D eigenvalue weighted by Gasteiger charge is -2.11. The molecule has 2 aromatic carbocycles. The van der Waals surface area contributed by atoms with Crippen molar-refractivity contribution >= 4 is 11.6 Å². The molecule has 110 valence electrons. The van der Waals surface area contributed by atoms with E-state index in [2.05, 4.69) is 5.32 Å². The van der Waals surface area contributed by atoms with Crippen molar-refractivity contribution in [3.63, 3.8) is 0 Å². The highest BCUT2D eigenvalue weighted by Crippen LogP contribution is 2.22. The van der Waals surface area contributed by atoms with E-state index < -0.39 is 0 Å². The molecule has 0 bridgehead atoms. The van der Waals surface area contributed by atoms with E-state index >= 15 is 0 Å². The Hall–Kier alpha value is -2.49. The Labute approximate surface area is 124 Å². The summed E-state index contributed by atoms with van der Waals surface area (Å²) in [5.41, 5.74) is 1.70. The van der Waals surface area contributed by atoms with Crippen molar-refractivity contribution in [2.45, 2.75) is 26.9 Å². The minimum Gasteiger partial charge on any atom is -0.508 e. The molecule has 2 N–H and O–H groups in total. The van der Waals surface area contributed by atoms with Crippen LogP contribution in [0.3, 0.4) is 0 Å². The van der Waals surface area contributed by atoms with E-state index in [-0.39, 0.29) is 17.8 Å². The maximum Gasteiger partial charge on any atom is 0.256 e. The van der Waals surface area contributed by atoms with E-state index in [0.29, 0.717) is 16.8 Å². The van der Waals surface area contributed by atoms with Gasteiger partial charge in [0.1, 0.15) is 11.5 Å². The predicted octanol–water partition coefficient (Wildman–Crippen LogP) is 3.74. The third-order valence-electron chi connectivity index (χ3n) is 3.03. The second kappa shape index (κ2) is 6.31. The zero-order valence-electron chi connectivity index (χ0n) is 12.4. The maximum atomic E-state index is 12.2. The maximum absolute atomic E-state index is 12.2. The van der Waals surface area contributed by atoms with Gasteiger partial charge in [-0.05, 0) is 57.2 Å². The number of rotatable bonds is 4. The molecular formula is C17H19NO3. The van der Waals surface area contributed by atoms with E-state index in [1.165, 1.54) is 0 Å². The van der Waals surface area contributed by atoms with Crippen molar-refractivity contribution in [2.24, 2.45) is 0 Å². The van der Waals surface area contributed by atoms with Crippen LogP contribution in [-0.4, -0.2) is 17.1 Å². The second-order valence-corrected chi connectivity index (χ2v) is 5.09. The highest BCUT2D eigenvalue weighted by atomic mass is 16.5. The van der Waals surface area contributed by atoms with Gasteiger partial charge in [0.15, 0.2) is 0 Å². The van der Waals surface area contributed by atoms with Gasteiger partial charge in [0, 0.05) is 16.8 Å². The van der Waals surface area contributed by atoms with Gasteiger partial charge in [-0.2, -0.15) is 0 Å². The first-order chi connectivity index (χ1) is 9.97. The topological polar surface area (TPSA) is 58.6 Å². The fourth-order valence-electron chi connectivity index (χ4n) is 1.96. The van der Waals surface area contributed by atoms with E-state index in [9.17, 15) is 9.90 Å². The number of benzene rings is 2. The third kappa shape index (κ3) is 3.75. The zero-order chi connectivity index (χ0) is 15.4. The van der Waals surface area contributed by atoms with Gasteiger partial charge >= 0.3 is 0 Å². The molecule has 1 amide bonds. The average molecular weight is 285 g/mol. The van der Waals surface area contributed by atoms with Crippen LogP contribution in [0.5, 0.6) is 11.5 Å². The number of hydrogen-bond acceptors (Lipinski definition) is 3. The number of aromatic hydroxyl groups is 1. The first kappa shape index (κ1) is 14.9. The molecule has 2 rings (SSSR count). The smallest absolute Gasteiger partial charge is 0.256 e. The molecule has 4 nitrogen and oxygen atoms in total. The second-order valence-electron chi connectivity index (χ2n) is 5.09. The van der Waals surface area contributed by atoms with Crippen molar-refractivity contribution in [1.82, 2.24) is 0 Å². The summed E-state index contributed by atoms with van der Waals surface area (Å²) in [6, 6.07) is 12.1. The minimum absolute atomic E-state index is 0.111. The third-order valence-corrected chi connectivity index (χ3v) is 3.03. The van der Waals surface area contributed by atoms with E-state index in [0.717, 1.165) is 5.75 Å². The molecule has 0 heterocycles. The van der Waals surface area contributed by atoms with Crippen LogP contribution in [-0.2, 0) is 0 Å². The number of ether oxygens (including phenoxy) is 1. The van der Waals surface area contributed by atoms with Gasteiger partial charge in [-0.25, -0.2) is 0 Å². The van der Waals surface area contributed by atoms with Crippen molar-refractivity contribution in [2.75, 3.05) is 5.32 Å². The summed E-state index contributed by atoms with van der Waals surface area (Å²) >= 11 is 0. The van der Waals surface area contributed by atoms with E-state index in [1.54, 1.807) is 37.3 Å². The quantitative estimate of drug-likeness (QED) is 0.899. The zero-order valence-corrected chi connectivity index (χ0v) is 12.4. The molecule has 0 saturated carbocycles. The number of carbonyl (C=O) groups excluding carboxylic acids is 1. The van der Waals surface area contributed by atoms with Crippen LogP contribution < -0.4 is 10.1 Å². The Morgan fingerprint density at radius 3 is 2.43 bits per heavy atom. The van der Waals surface area contributed by atoms with Crippen LogP contribution in [0, 0.1) is 6.92 Å². The summed E-state index contributed by atoms with van der Waals surface area (Å²) in [4.78, 5) is 12.2. The Balaban J connectivity index is 2.11. The number of nitrogens with one attached hydrogen (secondary N) is 1. The van der Waals surface area contributed by atoms with Gasteiger partial charge in [0.05, 0.1) is 6.10 Å². The first-order valence-electron chi connectivity index (χ1n) is 6.84. The molecule has 0 radical (unpaired) electrons. The number of hydrogen-bond donors (Lipinski definition) is 2. The highest BCUT2D eigenvalue weighted by Gasteiger charge is 2.11. The SMILES string of the molecule is Cc1c(O)cccc1C(=O)Nc1ccc(OC(C)C)cc1. The number of anilines is 1. The van der Waals surface area contributed by atoms with Crippen molar-refractivity contribution in [3.8, 4) is 11.5 Å². The van der Waals surface area contributed by atoms with Crippen LogP contribution >= 0.6 is 0 Å². The van der Waals surface area contributed by atoms with Crippen molar-refractivity contribution < 1.29 is 14.6 Å². The minimum atomic E-state index is -0.249. The molecule has 0 spiro atoms. The van der Waals surface area contributed by atoms with Crippen LogP contribution in [0.1, 0.15) is 29.8 Å². The summed E-state index contributed by atoms with van der Waals surface area (Å²) in [5.74, 6) is 0.626. The first-order valence-corrected chi connectivity index (χ1v) is 6.84. The molecule has 0 aromatic heterocycles. The lowest BCUT2D eigenvalue weighted by atomic mass is 10.1. The van der Waals surface area contributed by atoms with Gasteiger partial charge in [-0.1, -0.05) is 6.07 Å². The highest BCUT2D eigenvalue weighted by molar-refractivity contribution is 6.05. The average Bonchev–Trinajstić information content (AvgIpc) is 2.43. The van der Waals surface area contributed by atoms with Crippen LogP contribution in [0.4, 0.5) is 5.69 Å². The molecule has 21 heavy (non-hydrogen) atoms. The molecule has 0 fully saturated rings.